The van der Waals surface area contributed by atoms with Crippen molar-refractivity contribution in [2.75, 3.05) is 18.6 Å². The summed E-state index contributed by atoms with van der Waals surface area (Å²) < 4.78 is 4.72. The fourth-order valence-corrected chi connectivity index (χ4v) is 3.04. The SMILES string of the molecule is COC(=O)CN1C(=O)C(NC(=O)c2ccccc2)CCc2ccccc21. The number of anilines is 1. The van der Waals surface area contributed by atoms with Crippen molar-refractivity contribution >= 4 is 23.5 Å². The summed E-state index contributed by atoms with van der Waals surface area (Å²) in [5.41, 5.74) is 2.13. The van der Waals surface area contributed by atoms with Crippen LogP contribution in [0.25, 0.3) is 0 Å². The molecule has 6 nitrogen and oxygen atoms in total. The molecular formula is C20H20N2O4. The average Bonchev–Trinajstić information content (AvgIpc) is 2.81. The van der Waals surface area contributed by atoms with Crippen molar-refractivity contribution in [1.29, 1.82) is 0 Å². The van der Waals surface area contributed by atoms with Crippen LogP contribution < -0.4 is 10.2 Å². The van der Waals surface area contributed by atoms with Gasteiger partial charge in [0.05, 0.1) is 7.11 Å². The van der Waals surface area contributed by atoms with Gasteiger partial charge in [-0.1, -0.05) is 36.4 Å². The molecule has 2 aromatic carbocycles. The summed E-state index contributed by atoms with van der Waals surface area (Å²) in [5, 5.41) is 2.80. The zero-order chi connectivity index (χ0) is 18.5. The van der Waals surface area contributed by atoms with Crippen molar-refractivity contribution in [3.8, 4) is 0 Å². The Kier molecular flexibility index (Phi) is 5.31. The van der Waals surface area contributed by atoms with E-state index in [1.807, 2.05) is 24.3 Å². The molecule has 1 aliphatic rings. The number of para-hydroxylation sites is 1. The van der Waals surface area contributed by atoms with Crippen LogP contribution in [0.3, 0.4) is 0 Å². The number of hydrogen-bond acceptors (Lipinski definition) is 4. The Bertz CT molecular complexity index is 820. The maximum Gasteiger partial charge on any atom is 0.325 e. The van der Waals surface area contributed by atoms with Crippen LogP contribution in [-0.4, -0.2) is 37.5 Å². The second-order valence-electron chi connectivity index (χ2n) is 6.06. The molecule has 1 N–H and O–H groups in total. The highest BCUT2D eigenvalue weighted by molar-refractivity contribution is 6.05. The Labute approximate surface area is 151 Å². The number of nitrogens with one attached hydrogen (secondary N) is 1. The summed E-state index contributed by atoms with van der Waals surface area (Å²) in [6.07, 6.45) is 1.09. The third-order valence-electron chi connectivity index (χ3n) is 4.41. The van der Waals surface area contributed by atoms with Crippen molar-refractivity contribution in [3.05, 3.63) is 65.7 Å². The van der Waals surface area contributed by atoms with Crippen LogP contribution in [0.5, 0.6) is 0 Å². The van der Waals surface area contributed by atoms with Crippen LogP contribution in [0.1, 0.15) is 22.3 Å². The molecule has 3 rings (SSSR count). The fourth-order valence-electron chi connectivity index (χ4n) is 3.04. The number of rotatable bonds is 4. The first-order chi connectivity index (χ1) is 12.6. The zero-order valence-corrected chi connectivity index (χ0v) is 14.5. The van der Waals surface area contributed by atoms with Crippen molar-refractivity contribution in [2.24, 2.45) is 0 Å². The number of carbonyl (C=O) groups excluding carboxylic acids is 3. The molecule has 0 saturated heterocycles. The van der Waals surface area contributed by atoms with E-state index < -0.39 is 12.0 Å². The van der Waals surface area contributed by atoms with Gasteiger partial charge in [0.15, 0.2) is 0 Å². The summed E-state index contributed by atoms with van der Waals surface area (Å²) in [6, 6.07) is 15.5. The normalized spacial score (nSPS) is 16.4. The molecule has 26 heavy (non-hydrogen) atoms. The molecule has 1 heterocycles. The number of aryl methyl sites for hydroxylation is 1. The van der Waals surface area contributed by atoms with E-state index in [0.717, 1.165) is 5.56 Å². The number of nitrogens with zero attached hydrogens (tertiary/aromatic N) is 1. The highest BCUT2D eigenvalue weighted by Crippen LogP contribution is 2.27. The minimum atomic E-state index is -0.709. The lowest BCUT2D eigenvalue weighted by atomic mass is 10.1. The molecule has 0 aliphatic carbocycles. The topological polar surface area (TPSA) is 75.7 Å². The molecule has 0 aromatic heterocycles. The minimum absolute atomic E-state index is 0.190. The molecule has 134 valence electrons. The standard InChI is InChI=1S/C20H20N2O4/c1-26-18(23)13-22-17-10-6-5-7-14(17)11-12-16(20(22)25)21-19(24)15-8-3-2-4-9-15/h2-10,16H,11-13H2,1H3,(H,21,24). The highest BCUT2D eigenvalue weighted by atomic mass is 16.5. The average molecular weight is 352 g/mol. The molecule has 0 saturated carbocycles. The van der Waals surface area contributed by atoms with Crippen LogP contribution >= 0.6 is 0 Å². The second kappa shape index (κ2) is 7.82. The van der Waals surface area contributed by atoms with Crippen LogP contribution in [0.2, 0.25) is 0 Å². The van der Waals surface area contributed by atoms with Gasteiger partial charge in [-0.15, -0.1) is 0 Å². The number of esters is 1. The number of ether oxygens (including phenoxy) is 1. The molecular weight excluding hydrogens is 332 g/mol. The Morgan fingerprint density at radius 3 is 2.54 bits per heavy atom. The van der Waals surface area contributed by atoms with Gasteiger partial charge in [-0.3, -0.25) is 19.3 Å². The van der Waals surface area contributed by atoms with Gasteiger partial charge in [0.25, 0.3) is 5.91 Å². The van der Waals surface area contributed by atoms with Crippen LogP contribution in [0, 0.1) is 0 Å². The van der Waals surface area contributed by atoms with E-state index in [-0.39, 0.29) is 18.4 Å². The van der Waals surface area contributed by atoms with Gasteiger partial charge in [0.1, 0.15) is 12.6 Å². The molecule has 0 radical (unpaired) electrons. The van der Waals surface area contributed by atoms with Gasteiger partial charge in [-0.2, -0.15) is 0 Å². The summed E-state index contributed by atoms with van der Waals surface area (Å²) in [7, 11) is 1.28. The third kappa shape index (κ3) is 3.74. The van der Waals surface area contributed by atoms with Crippen molar-refractivity contribution in [2.45, 2.75) is 18.9 Å². The molecule has 1 atom stereocenters. The number of amides is 2. The van der Waals surface area contributed by atoms with Crippen LogP contribution in [-0.2, 0) is 20.7 Å². The van der Waals surface area contributed by atoms with Crippen molar-refractivity contribution in [1.82, 2.24) is 5.32 Å². The maximum atomic E-state index is 13.0. The van der Waals surface area contributed by atoms with E-state index in [9.17, 15) is 14.4 Å². The third-order valence-corrected chi connectivity index (χ3v) is 4.41. The molecule has 6 heteroatoms. The Balaban J connectivity index is 1.86. The predicted octanol–water partition coefficient (Wildman–Crippen LogP) is 1.94. The maximum absolute atomic E-state index is 13.0. The van der Waals surface area contributed by atoms with Gasteiger partial charge in [-0.05, 0) is 36.6 Å². The lowest BCUT2D eigenvalue weighted by Gasteiger charge is -2.25. The Morgan fingerprint density at radius 1 is 1.12 bits per heavy atom. The lowest BCUT2D eigenvalue weighted by molar-refractivity contribution is -0.140. The number of hydrogen-bond donors (Lipinski definition) is 1. The zero-order valence-electron chi connectivity index (χ0n) is 14.5. The summed E-state index contributed by atoms with van der Waals surface area (Å²) >= 11 is 0. The van der Waals surface area contributed by atoms with Gasteiger partial charge in [0, 0.05) is 11.3 Å². The van der Waals surface area contributed by atoms with Crippen molar-refractivity contribution < 1.29 is 19.1 Å². The highest BCUT2D eigenvalue weighted by Gasteiger charge is 2.32. The molecule has 1 unspecified atom stereocenters. The van der Waals surface area contributed by atoms with Crippen molar-refractivity contribution in [3.63, 3.8) is 0 Å². The summed E-state index contributed by atoms with van der Waals surface area (Å²) in [6.45, 7) is -0.190. The predicted molar refractivity (Wildman–Crippen MR) is 96.8 cm³/mol. The van der Waals surface area contributed by atoms with Gasteiger partial charge >= 0.3 is 5.97 Å². The number of carbonyl (C=O) groups is 3. The lowest BCUT2D eigenvalue weighted by Crippen LogP contribution is -2.49. The molecule has 1 aliphatic heterocycles. The number of fused-ring (bicyclic) bond motifs is 1. The summed E-state index contributed by atoms with van der Waals surface area (Å²) in [5.74, 6) is -1.14. The minimum Gasteiger partial charge on any atom is -0.468 e. The molecule has 0 spiro atoms. The van der Waals surface area contributed by atoms with Gasteiger partial charge in [0.2, 0.25) is 5.91 Å². The van der Waals surface area contributed by atoms with Gasteiger partial charge in [-0.25, -0.2) is 0 Å². The van der Waals surface area contributed by atoms with Crippen LogP contribution in [0.4, 0.5) is 5.69 Å². The van der Waals surface area contributed by atoms with Gasteiger partial charge < -0.3 is 10.1 Å². The molecule has 2 amide bonds. The first kappa shape index (κ1) is 17.7. The first-order valence-corrected chi connectivity index (χ1v) is 8.42. The number of methoxy groups -OCH3 is 1. The summed E-state index contributed by atoms with van der Waals surface area (Å²) in [4.78, 5) is 38.7. The smallest absolute Gasteiger partial charge is 0.325 e. The largest absolute Gasteiger partial charge is 0.468 e. The van der Waals surface area contributed by atoms with E-state index in [0.29, 0.717) is 24.1 Å². The first-order valence-electron chi connectivity index (χ1n) is 8.42. The second-order valence-corrected chi connectivity index (χ2v) is 6.06. The Hall–Kier alpha value is -3.15. The quantitative estimate of drug-likeness (QED) is 0.853. The monoisotopic (exact) mass is 352 g/mol. The fraction of sp³-hybridized carbons (Fsp3) is 0.250. The molecule has 2 aromatic rings. The van der Waals surface area contributed by atoms with E-state index in [4.69, 9.17) is 4.74 Å². The van der Waals surface area contributed by atoms with E-state index in [2.05, 4.69) is 5.32 Å². The van der Waals surface area contributed by atoms with E-state index >= 15 is 0 Å². The van der Waals surface area contributed by atoms with E-state index in [1.165, 1.54) is 12.0 Å². The Morgan fingerprint density at radius 2 is 1.81 bits per heavy atom. The van der Waals surface area contributed by atoms with Crippen LogP contribution in [0.15, 0.2) is 54.6 Å². The molecule has 0 fully saturated rings. The van der Waals surface area contributed by atoms with E-state index in [1.54, 1.807) is 30.3 Å². The molecule has 0 bridgehead atoms. The number of benzene rings is 2.